The number of carbonyl (C=O) groups is 3. The van der Waals surface area contributed by atoms with Crippen LogP contribution in [0, 0.1) is 6.92 Å². The highest BCUT2D eigenvalue weighted by Crippen LogP contribution is 2.29. The van der Waals surface area contributed by atoms with E-state index >= 15 is 0 Å². The van der Waals surface area contributed by atoms with Crippen molar-refractivity contribution in [1.82, 2.24) is 16.0 Å². The van der Waals surface area contributed by atoms with Crippen LogP contribution in [0.15, 0.2) is 126 Å². The summed E-state index contributed by atoms with van der Waals surface area (Å²) >= 11 is 3.50. The van der Waals surface area contributed by atoms with Crippen molar-refractivity contribution in [3.63, 3.8) is 0 Å². The van der Waals surface area contributed by atoms with E-state index in [-0.39, 0.29) is 18.2 Å². The fraction of sp³-hybridized carbons (Fsp3) is 0.162. The topological polar surface area (TPSA) is 87.3 Å². The Morgan fingerprint density at radius 2 is 1.27 bits per heavy atom. The van der Waals surface area contributed by atoms with Gasteiger partial charge in [-0.05, 0) is 52.1 Å². The molecule has 0 radical (unpaired) electrons. The Hall–Kier alpha value is -4.75. The van der Waals surface area contributed by atoms with Gasteiger partial charge in [-0.3, -0.25) is 14.4 Å². The predicted octanol–water partition coefficient (Wildman–Crippen LogP) is 6.31. The number of hydrogen-bond acceptors (Lipinski definition) is 3. The third-order valence-corrected chi connectivity index (χ3v) is 8.77. The maximum atomic E-state index is 14.3. The molecule has 0 aliphatic carbocycles. The highest BCUT2D eigenvalue weighted by atomic mass is 79.9. The van der Waals surface area contributed by atoms with Gasteiger partial charge in [-0.25, -0.2) is 0 Å². The quantitative estimate of drug-likeness (QED) is 0.166. The number of rotatable bonds is 10. The van der Waals surface area contributed by atoms with Gasteiger partial charge in [0.05, 0.1) is 0 Å². The Morgan fingerprint density at radius 1 is 0.682 bits per heavy atom. The molecule has 7 heteroatoms. The molecule has 0 saturated heterocycles. The Labute approximate surface area is 266 Å². The van der Waals surface area contributed by atoms with Crippen LogP contribution in [0.4, 0.5) is 0 Å². The van der Waals surface area contributed by atoms with Gasteiger partial charge >= 0.3 is 0 Å². The predicted molar refractivity (Wildman–Crippen MR) is 179 cm³/mol. The zero-order valence-electron chi connectivity index (χ0n) is 24.6. The first-order chi connectivity index (χ1) is 21.4. The van der Waals surface area contributed by atoms with Crippen LogP contribution < -0.4 is 16.0 Å². The van der Waals surface area contributed by atoms with E-state index in [0.717, 1.165) is 37.5 Å². The lowest BCUT2D eigenvalue weighted by atomic mass is 9.84. The van der Waals surface area contributed by atoms with Gasteiger partial charge in [0.2, 0.25) is 11.8 Å². The Kier molecular flexibility index (Phi) is 9.87. The summed E-state index contributed by atoms with van der Waals surface area (Å²) in [6.45, 7) is 1.85. The number of fused-ring (bicyclic) bond motifs is 1. The van der Waals surface area contributed by atoms with Gasteiger partial charge in [0.25, 0.3) is 5.91 Å². The van der Waals surface area contributed by atoms with E-state index in [4.69, 9.17) is 0 Å². The van der Waals surface area contributed by atoms with Crippen molar-refractivity contribution in [3.05, 3.63) is 154 Å². The standard InChI is InChI=1S/C37H34BrN3O3/c1-24-29(21-12-22-31(24)38)35(42)40-32(23-28-19-11-18-25-13-9-10-20-30(25)28)36(43)41-34(37(44)39-2)33(26-14-5-3-6-15-26)27-16-7-4-8-17-27/h3-22,32-34H,23H2,1-2H3,(H,39,44)(H,40,42)(H,41,43)/t32-,34+/m0/s1. The smallest absolute Gasteiger partial charge is 0.252 e. The lowest BCUT2D eigenvalue weighted by Crippen LogP contribution is -2.56. The first-order valence-electron chi connectivity index (χ1n) is 14.5. The second-order valence-electron chi connectivity index (χ2n) is 10.7. The van der Waals surface area contributed by atoms with Gasteiger partial charge < -0.3 is 16.0 Å². The summed E-state index contributed by atoms with van der Waals surface area (Å²) in [5, 5.41) is 10.8. The summed E-state index contributed by atoms with van der Waals surface area (Å²) in [7, 11) is 1.56. The summed E-state index contributed by atoms with van der Waals surface area (Å²) < 4.78 is 0.799. The number of amides is 3. The van der Waals surface area contributed by atoms with Gasteiger partial charge in [0, 0.05) is 29.4 Å². The van der Waals surface area contributed by atoms with Crippen LogP contribution in [-0.2, 0) is 16.0 Å². The molecule has 0 unspecified atom stereocenters. The molecule has 222 valence electrons. The maximum absolute atomic E-state index is 14.3. The lowest BCUT2D eigenvalue weighted by Gasteiger charge is -2.30. The number of hydrogen-bond donors (Lipinski definition) is 3. The minimum atomic E-state index is -0.967. The van der Waals surface area contributed by atoms with Crippen LogP contribution >= 0.6 is 15.9 Å². The van der Waals surface area contributed by atoms with E-state index < -0.39 is 23.9 Å². The summed E-state index contributed by atoms with van der Waals surface area (Å²) in [5.74, 6) is -1.63. The first-order valence-corrected chi connectivity index (χ1v) is 15.3. The number of halogens is 1. The second-order valence-corrected chi connectivity index (χ2v) is 11.5. The SMILES string of the molecule is CNC(=O)[C@H](NC(=O)[C@H](Cc1cccc2ccccc12)NC(=O)c1cccc(Br)c1C)C(c1ccccc1)c1ccccc1. The van der Waals surface area contributed by atoms with Gasteiger partial charge in [-0.15, -0.1) is 0 Å². The van der Waals surface area contributed by atoms with Crippen molar-refractivity contribution in [2.24, 2.45) is 0 Å². The number of benzene rings is 5. The van der Waals surface area contributed by atoms with Crippen molar-refractivity contribution in [3.8, 4) is 0 Å². The molecule has 0 heterocycles. The highest BCUT2D eigenvalue weighted by Gasteiger charge is 2.34. The Balaban J connectivity index is 1.53. The third-order valence-electron chi connectivity index (χ3n) is 7.92. The first kappa shape index (κ1) is 30.7. The molecule has 2 atom stereocenters. The zero-order chi connectivity index (χ0) is 31.1. The summed E-state index contributed by atoms with van der Waals surface area (Å²) in [6, 6.07) is 36.6. The summed E-state index contributed by atoms with van der Waals surface area (Å²) in [4.78, 5) is 41.4. The second kappa shape index (κ2) is 14.1. The molecule has 6 nitrogen and oxygen atoms in total. The fourth-order valence-corrected chi connectivity index (χ4v) is 5.96. The van der Waals surface area contributed by atoms with Gasteiger partial charge in [0.1, 0.15) is 12.1 Å². The molecule has 5 aromatic carbocycles. The number of carbonyl (C=O) groups excluding carboxylic acids is 3. The van der Waals surface area contributed by atoms with Crippen LogP contribution in [0.1, 0.15) is 38.5 Å². The molecule has 0 saturated carbocycles. The molecule has 44 heavy (non-hydrogen) atoms. The molecule has 0 fully saturated rings. The van der Waals surface area contributed by atoms with E-state index in [9.17, 15) is 14.4 Å². The maximum Gasteiger partial charge on any atom is 0.252 e. The van der Waals surface area contributed by atoms with Crippen LogP contribution in [0.5, 0.6) is 0 Å². The van der Waals surface area contributed by atoms with Crippen molar-refractivity contribution in [2.45, 2.75) is 31.3 Å². The van der Waals surface area contributed by atoms with Crippen molar-refractivity contribution in [2.75, 3.05) is 7.05 Å². The van der Waals surface area contributed by atoms with Crippen molar-refractivity contribution >= 4 is 44.4 Å². The molecule has 0 aliphatic rings. The average molecular weight is 649 g/mol. The van der Waals surface area contributed by atoms with E-state index in [1.54, 1.807) is 19.2 Å². The highest BCUT2D eigenvalue weighted by molar-refractivity contribution is 9.10. The van der Waals surface area contributed by atoms with Crippen LogP contribution in [0.3, 0.4) is 0 Å². The summed E-state index contributed by atoms with van der Waals surface area (Å²) in [5.41, 5.74) is 3.91. The molecule has 0 aliphatic heterocycles. The molecule has 5 rings (SSSR count). The monoisotopic (exact) mass is 647 g/mol. The van der Waals surface area contributed by atoms with E-state index in [1.165, 1.54) is 0 Å². The summed E-state index contributed by atoms with van der Waals surface area (Å²) in [6.07, 6.45) is 0.230. The van der Waals surface area contributed by atoms with Crippen LogP contribution in [0.2, 0.25) is 0 Å². The molecule has 0 aromatic heterocycles. The van der Waals surface area contributed by atoms with E-state index in [0.29, 0.717) is 5.56 Å². The number of likely N-dealkylation sites (N-methyl/N-ethyl adjacent to an activating group) is 1. The van der Waals surface area contributed by atoms with Gasteiger partial charge in [0.15, 0.2) is 0 Å². The number of nitrogens with one attached hydrogen (secondary N) is 3. The molecule has 3 N–H and O–H groups in total. The molecule has 5 aromatic rings. The van der Waals surface area contributed by atoms with Crippen molar-refractivity contribution < 1.29 is 14.4 Å². The molecular formula is C37H34BrN3O3. The minimum absolute atomic E-state index is 0.230. The van der Waals surface area contributed by atoms with E-state index in [2.05, 4.69) is 31.9 Å². The van der Waals surface area contributed by atoms with Gasteiger partial charge in [-0.2, -0.15) is 0 Å². The van der Waals surface area contributed by atoms with Gasteiger partial charge in [-0.1, -0.05) is 125 Å². The normalized spacial score (nSPS) is 12.4. The third kappa shape index (κ3) is 6.90. The minimum Gasteiger partial charge on any atom is -0.357 e. The largest absolute Gasteiger partial charge is 0.357 e. The Bertz CT molecular complexity index is 1730. The Morgan fingerprint density at radius 3 is 1.93 bits per heavy atom. The molecule has 0 spiro atoms. The molecule has 0 bridgehead atoms. The zero-order valence-corrected chi connectivity index (χ0v) is 26.2. The molecule has 3 amide bonds. The van der Waals surface area contributed by atoms with E-state index in [1.807, 2.05) is 116 Å². The van der Waals surface area contributed by atoms with Crippen molar-refractivity contribution in [1.29, 1.82) is 0 Å². The molecular weight excluding hydrogens is 614 g/mol. The lowest BCUT2D eigenvalue weighted by molar-refractivity contribution is -0.130. The van der Waals surface area contributed by atoms with Crippen LogP contribution in [-0.4, -0.2) is 36.9 Å². The average Bonchev–Trinajstić information content (AvgIpc) is 3.06. The van der Waals surface area contributed by atoms with Crippen LogP contribution in [0.25, 0.3) is 10.8 Å². The fourth-order valence-electron chi connectivity index (χ4n) is 5.60.